The van der Waals surface area contributed by atoms with Gasteiger partial charge in [0.25, 0.3) is 0 Å². The van der Waals surface area contributed by atoms with Gasteiger partial charge in [-0.25, -0.2) is 13.1 Å². The fraction of sp³-hybridized carbons (Fsp3) is 0.625. The second kappa shape index (κ2) is 5.71. The van der Waals surface area contributed by atoms with E-state index in [2.05, 4.69) is 17.0 Å². The van der Waals surface area contributed by atoms with E-state index >= 15 is 0 Å². The third kappa shape index (κ3) is 3.65. The normalized spacial score (nSPS) is 20.4. The number of hydrogen-bond donors (Lipinski definition) is 2. The molecule has 0 saturated heterocycles. The molecule has 1 aromatic rings. The van der Waals surface area contributed by atoms with Gasteiger partial charge in [0.15, 0.2) is 0 Å². The highest BCUT2D eigenvalue weighted by Gasteiger charge is 2.41. The maximum Gasteiger partial charge on any atom is 0.240 e. The number of sulfonamides is 1. The fourth-order valence-electron chi connectivity index (χ4n) is 2.61. The largest absolute Gasteiger partial charge is 0.310 e. The van der Waals surface area contributed by atoms with Crippen molar-refractivity contribution in [2.45, 2.75) is 56.5 Å². The Morgan fingerprint density at radius 3 is 2.57 bits per heavy atom. The van der Waals surface area contributed by atoms with Crippen LogP contribution in [0, 0.1) is 5.41 Å². The molecule has 0 heterocycles. The van der Waals surface area contributed by atoms with Crippen molar-refractivity contribution in [3.63, 3.8) is 0 Å². The zero-order chi connectivity index (χ0) is 14.9. The third-order valence-corrected chi connectivity index (χ3v) is 6.27. The maximum atomic E-state index is 12.6. The molecule has 2 N–H and O–H groups in total. The van der Waals surface area contributed by atoms with Crippen molar-refractivity contribution >= 4 is 10.0 Å². The quantitative estimate of drug-likeness (QED) is 0.775. The smallest absolute Gasteiger partial charge is 0.240 e. The van der Waals surface area contributed by atoms with Gasteiger partial charge in [0.05, 0.1) is 4.90 Å². The van der Waals surface area contributed by atoms with E-state index in [1.807, 2.05) is 12.1 Å². The molecular weight excluding hydrogens is 284 g/mol. The molecule has 2 aliphatic rings. The Morgan fingerprint density at radius 2 is 1.95 bits per heavy atom. The Balaban J connectivity index is 1.71. The standard InChI is InChI=1S/C16H24N2O2S/c1-2-16(9-10-16)12-18-21(19,20)15-6-4-3-5-13(15)11-17-14-7-8-14/h3-6,14,17-18H,2,7-12H2,1H3. The molecule has 116 valence electrons. The summed E-state index contributed by atoms with van der Waals surface area (Å²) < 4.78 is 27.9. The second-order valence-electron chi connectivity index (χ2n) is 6.44. The Bertz CT molecular complexity index is 604. The Hall–Kier alpha value is -0.910. The van der Waals surface area contributed by atoms with Gasteiger partial charge in [-0.1, -0.05) is 25.1 Å². The summed E-state index contributed by atoms with van der Waals surface area (Å²) in [5.41, 5.74) is 1.08. The first kappa shape index (κ1) is 15.0. The summed E-state index contributed by atoms with van der Waals surface area (Å²) in [6.07, 6.45) is 5.71. The number of nitrogens with one attached hydrogen (secondary N) is 2. The van der Waals surface area contributed by atoms with Crippen molar-refractivity contribution in [1.29, 1.82) is 0 Å². The van der Waals surface area contributed by atoms with Gasteiger partial charge in [-0.2, -0.15) is 0 Å². The molecule has 3 rings (SSSR count). The maximum absolute atomic E-state index is 12.6. The monoisotopic (exact) mass is 308 g/mol. The predicted molar refractivity (Wildman–Crippen MR) is 83.5 cm³/mol. The minimum absolute atomic E-state index is 0.217. The van der Waals surface area contributed by atoms with Crippen molar-refractivity contribution in [2.75, 3.05) is 6.54 Å². The van der Waals surface area contributed by atoms with Crippen LogP contribution in [0.2, 0.25) is 0 Å². The molecule has 5 heteroatoms. The zero-order valence-electron chi connectivity index (χ0n) is 12.6. The Labute approximate surface area is 127 Å². The van der Waals surface area contributed by atoms with Crippen LogP contribution in [0.15, 0.2) is 29.2 Å². The molecule has 2 fully saturated rings. The van der Waals surface area contributed by atoms with Crippen molar-refractivity contribution in [3.05, 3.63) is 29.8 Å². The van der Waals surface area contributed by atoms with Crippen LogP contribution in [0.25, 0.3) is 0 Å². The van der Waals surface area contributed by atoms with Crippen molar-refractivity contribution in [2.24, 2.45) is 5.41 Å². The molecule has 21 heavy (non-hydrogen) atoms. The summed E-state index contributed by atoms with van der Waals surface area (Å²) in [6.45, 7) is 3.33. The first-order valence-electron chi connectivity index (χ1n) is 7.86. The van der Waals surface area contributed by atoms with E-state index in [1.165, 1.54) is 12.8 Å². The molecule has 0 unspecified atom stereocenters. The van der Waals surface area contributed by atoms with Crippen LogP contribution < -0.4 is 10.0 Å². The minimum atomic E-state index is -3.41. The van der Waals surface area contributed by atoms with Crippen LogP contribution >= 0.6 is 0 Å². The van der Waals surface area contributed by atoms with Gasteiger partial charge in [0.2, 0.25) is 10.0 Å². The van der Waals surface area contributed by atoms with Crippen LogP contribution in [0.5, 0.6) is 0 Å². The van der Waals surface area contributed by atoms with Gasteiger partial charge in [-0.3, -0.25) is 0 Å². The molecule has 2 aliphatic carbocycles. The lowest BCUT2D eigenvalue weighted by atomic mass is 10.1. The van der Waals surface area contributed by atoms with E-state index in [4.69, 9.17) is 0 Å². The molecule has 2 saturated carbocycles. The molecule has 1 aromatic carbocycles. The van der Waals surface area contributed by atoms with Gasteiger partial charge in [0.1, 0.15) is 0 Å². The average molecular weight is 308 g/mol. The summed E-state index contributed by atoms with van der Waals surface area (Å²) >= 11 is 0. The summed E-state index contributed by atoms with van der Waals surface area (Å²) in [4.78, 5) is 0.421. The van der Waals surface area contributed by atoms with Crippen LogP contribution in [-0.4, -0.2) is 21.0 Å². The first-order chi connectivity index (χ1) is 10.0. The zero-order valence-corrected chi connectivity index (χ0v) is 13.4. The lowest BCUT2D eigenvalue weighted by Gasteiger charge is -2.16. The SMILES string of the molecule is CCC1(CNS(=O)(=O)c2ccccc2CNC2CC2)CC1. The molecule has 0 amide bonds. The predicted octanol–water partition coefficient (Wildman–Crippen LogP) is 2.41. The summed E-state index contributed by atoms with van der Waals surface area (Å²) in [6, 6.07) is 7.87. The van der Waals surface area contributed by atoms with Gasteiger partial charge in [0, 0.05) is 19.1 Å². The van der Waals surface area contributed by atoms with Gasteiger partial charge < -0.3 is 5.32 Å². The van der Waals surface area contributed by atoms with Gasteiger partial charge in [-0.15, -0.1) is 0 Å². The van der Waals surface area contributed by atoms with Crippen molar-refractivity contribution in [1.82, 2.24) is 10.0 Å². The highest BCUT2D eigenvalue weighted by Crippen LogP contribution is 2.48. The minimum Gasteiger partial charge on any atom is -0.310 e. The van der Waals surface area contributed by atoms with Crippen LogP contribution in [0.1, 0.15) is 44.6 Å². The first-order valence-corrected chi connectivity index (χ1v) is 9.34. The molecule has 0 spiro atoms. The van der Waals surface area contributed by atoms with Crippen LogP contribution in [-0.2, 0) is 16.6 Å². The highest BCUT2D eigenvalue weighted by molar-refractivity contribution is 7.89. The van der Waals surface area contributed by atoms with Gasteiger partial charge >= 0.3 is 0 Å². The second-order valence-corrected chi connectivity index (χ2v) is 8.18. The number of hydrogen-bond acceptors (Lipinski definition) is 3. The van der Waals surface area contributed by atoms with E-state index in [0.29, 0.717) is 24.0 Å². The average Bonchev–Trinajstić information content (AvgIpc) is 3.39. The molecule has 0 atom stereocenters. The molecular formula is C16H24N2O2S. The highest BCUT2D eigenvalue weighted by atomic mass is 32.2. The Morgan fingerprint density at radius 1 is 1.24 bits per heavy atom. The molecule has 0 radical (unpaired) electrons. The van der Waals surface area contributed by atoms with E-state index < -0.39 is 10.0 Å². The van der Waals surface area contributed by atoms with Crippen LogP contribution in [0.3, 0.4) is 0 Å². The van der Waals surface area contributed by atoms with Crippen LogP contribution in [0.4, 0.5) is 0 Å². The van der Waals surface area contributed by atoms with Crippen molar-refractivity contribution < 1.29 is 8.42 Å². The molecule has 0 bridgehead atoms. The summed E-state index contributed by atoms with van der Waals surface area (Å²) in [5.74, 6) is 0. The summed E-state index contributed by atoms with van der Waals surface area (Å²) in [7, 11) is -3.41. The topological polar surface area (TPSA) is 58.2 Å². The van der Waals surface area contributed by atoms with Gasteiger partial charge in [-0.05, 0) is 49.1 Å². The number of rotatable bonds is 8. The lowest BCUT2D eigenvalue weighted by Crippen LogP contribution is -2.31. The number of benzene rings is 1. The van der Waals surface area contributed by atoms with E-state index in [-0.39, 0.29) is 5.41 Å². The van der Waals surface area contributed by atoms with Crippen molar-refractivity contribution in [3.8, 4) is 0 Å². The molecule has 4 nitrogen and oxygen atoms in total. The van der Waals surface area contributed by atoms with E-state index in [0.717, 1.165) is 24.8 Å². The third-order valence-electron chi connectivity index (χ3n) is 4.76. The van der Waals surface area contributed by atoms with E-state index in [9.17, 15) is 8.42 Å². The molecule has 0 aliphatic heterocycles. The Kier molecular flexibility index (Phi) is 4.08. The summed E-state index contributed by atoms with van der Waals surface area (Å²) in [5, 5.41) is 3.39. The van der Waals surface area contributed by atoms with E-state index in [1.54, 1.807) is 12.1 Å². The lowest BCUT2D eigenvalue weighted by molar-refractivity contribution is 0.475. The molecule has 0 aromatic heterocycles. The fourth-order valence-corrected chi connectivity index (χ4v) is 4.01.